The highest BCUT2D eigenvalue weighted by molar-refractivity contribution is 5.62. The first-order chi connectivity index (χ1) is 11.7. The van der Waals surface area contributed by atoms with E-state index in [-0.39, 0.29) is 24.9 Å². The molecule has 1 aliphatic rings. The number of hydrogen-bond donors (Lipinski definition) is 1. The fourth-order valence-electron chi connectivity index (χ4n) is 2.74. The van der Waals surface area contributed by atoms with E-state index in [1.807, 2.05) is 0 Å². The van der Waals surface area contributed by atoms with Gasteiger partial charge in [-0.05, 0) is 30.3 Å². The van der Waals surface area contributed by atoms with E-state index < -0.39 is 12.3 Å². The predicted octanol–water partition coefficient (Wildman–Crippen LogP) is 1.17. The SMILES string of the molecule is O=c1n([C@@H]2OCOC2CO)ccc2nc(-c3ccc(F)cc3)cn12. The number of aromatic nitrogens is 3. The van der Waals surface area contributed by atoms with Gasteiger partial charge in [-0.1, -0.05) is 0 Å². The van der Waals surface area contributed by atoms with Crippen molar-refractivity contribution in [2.45, 2.75) is 12.3 Å². The number of halogens is 1. The molecule has 1 N–H and O–H groups in total. The van der Waals surface area contributed by atoms with E-state index in [2.05, 4.69) is 4.98 Å². The van der Waals surface area contributed by atoms with Crippen LogP contribution in [-0.4, -0.2) is 38.6 Å². The second-order valence-electron chi connectivity index (χ2n) is 5.43. The molecule has 8 heteroatoms. The maximum Gasteiger partial charge on any atom is 0.336 e. The molecule has 3 aromatic rings. The summed E-state index contributed by atoms with van der Waals surface area (Å²) in [5.74, 6) is -0.335. The number of aliphatic hydroxyl groups is 1. The Morgan fingerprint density at radius 1 is 1.25 bits per heavy atom. The number of hydrogen-bond acceptors (Lipinski definition) is 5. The molecule has 2 atom stereocenters. The second-order valence-corrected chi connectivity index (χ2v) is 5.43. The van der Waals surface area contributed by atoms with Crippen LogP contribution in [0.1, 0.15) is 6.23 Å². The summed E-state index contributed by atoms with van der Waals surface area (Å²) in [4.78, 5) is 17.1. The molecule has 0 bridgehead atoms. The summed E-state index contributed by atoms with van der Waals surface area (Å²) in [6, 6.07) is 7.56. The summed E-state index contributed by atoms with van der Waals surface area (Å²) < 4.78 is 26.4. The highest BCUT2D eigenvalue weighted by atomic mass is 19.1. The Morgan fingerprint density at radius 2 is 2.04 bits per heavy atom. The number of fused-ring (bicyclic) bond motifs is 1. The van der Waals surface area contributed by atoms with Gasteiger partial charge in [-0.3, -0.25) is 8.97 Å². The lowest BCUT2D eigenvalue weighted by Gasteiger charge is -2.17. The number of aliphatic hydroxyl groups excluding tert-OH is 1. The fraction of sp³-hybridized carbons (Fsp3) is 0.250. The molecule has 2 aromatic heterocycles. The number of nitrogens with zero attached hydrogens (tertiary/aromatic N) is 3. The summed E-state index contributed by atoms with van der Waals surface area (Å²) in [6.45, 7) is -0.231. The van der Waals surface area contributed by atoms with Crippen LogP contribution in [0.5, 0.6) is 0 Å². The van der Waals surface area contributed by atoms with Gasteiger partial charge in [-0.2, -0.15) is 0 Å². The molecule has 1 fully saturated rings. The largest absolute Gasteiger partial charge is 0.393 e. The minimum atomic E-state index is -0.691. The van der Waals surface area contributed by atoms with Crippen LogP contribution in [0, 0.1) is 5.82 Å². The molecule has 1 aromatic carbocycles. The normalized spacial score (nSPS) is 20.8. The lowest BCUT2D eigenvalue weighted by atomic mass is 10.2. The molecule has 1 aliphatic heterocycles. The van der Waals surface area contributed by atoms with Gasteiger partial charge in [0.15, 0.2) is 6.23 Å². The van der Waals surface area contributed by atoms with E-state index in [0.717, 1.165) is 0 Å². The molecular formula is C16H14FN3O4. The van der Waals surface area contributed by atoms with E-state index in [1.165, 1.54) is 21.1 Å². The molecule has 0 amide bonds. The van der Waals surface area contributed by atoms with Crippen LogP contribution < -0.4 is 5.69 Å². The minimum absolute atomic E-state index is 0.0190. The third-order valence-electron chi connectivity index (χ3n) is 3.98. The molecular weight excluding hydrogens is 317 g/mol. The van der Waals surface area contributed by atoms with E-state index in [9.17, 15) is 14.3 Å². The summed E-state index contributed by atoms with van der Waals surface area (Å²) in [6.07, 6.45) is 1.86. The highest BCUT2D eigenvalue weighted by Crippen LogP contribution is 2.23. The van der Waals surface area contributed by atoms with Crippen molar-refractivity contribution in [1.29, 1.82) is 0 Å². The van der Waals surface area contributed by atoms with Crippen molar-refractivity contribution in [2.24, 2.45) is 0 Å². The number of rotatable bonds is 3. The molecule has 0 spiro atoms. The van der Waals surface area contributed by atoms with Gasteiger partial charge >= 0.3 is 5.69 Å². The molecule has 0 aliphatic carbocycles. The molecule has 124 valence electrons. The van der Waals surface area contributed by atoms with Crippen molar-refractivity contribution < 1.29 is 19.0 Å². The first-order valence-corrected chi connectivity index (χ1v) is 7.37. The van der Waals surface area contributed by atoms with Gasteiger partial charge in [0.25, 0.3) is 0 Å². The van der Waals surface area contributed by atoms with Crippen molar-refractivity contribution in [3.63, 3.8) is 0 Å². The predicted molar refractivity (Wildman–Crippen MR) is 81.8 cm³/mol. The van der Waals surface area contributed by atoms with Crippen molar-refractivity contribution >= 4 is 5.65 Å². The Bertz CT molecular complexity index is 935. The summed E-state index contributed by atoms with van der Waals surface area (Å²) in [5.41, 5.74) is 1.38. The Balaban J connectivity index is 1.79. The van der Waals surface area contributed by atoms with Crippen molar-refractivity contribution in [2.75, 3.05) is 13.4 Å². The Kier molecular flexibility index (Phi) is 3.64. The van der Waals surface area contributed by atoms with E-state index in [0.29, 0.717) is 16.9 Å². The Hall–Kier alpha value is -2.55. The first-order valence-electron chi connectivity index (χ1n) is 7.37. The number of benzene rings is 1. The molecule has 0 saturated carbocycles. The number of ether oxygens (including phenoxy) is 2. The van der Waals surface area contributed by atoms with Crippen LogP contribution in [0.25, 0.3) is 16.9 Å². The molecule has 24 heavy (non-hydrogen) atoms. The lowest BCUT2D eigenvalue weighted by Crippen LogP contribution is -2.34. The van der Waals surface area contributed by atoms with Gasteiger partial charge in [-0.25, -0.2) is 14.2 Å². The summed E-state index contributed by atoms with van der Waals surface area (Å²) >= 11 is 0. The average molecular weight is 331 g/mol. The zero-order chi connectivity index (χ0) is 16.7. The molecule has 1 saturated heterocycles. The fourth-order valence-corrected chi connectivity index (χ4v) is 2.74. The topological polar surface area (TPSA) is 78.0 Å². The maximum atomic E-state index is 13.0. The quantitative estimate of drug-likeness (QED) is 0.779. The van der Waals surface area contributed by atoms with Gasteiger partial charge in [-0.15, -0.1) is 0 Å². The Morgan fingerprint density at radius 3 is 2.79 bits per heavy atom. The molecule has 0 radical (unpaired) electrons. The van der Waals surface area contributed by atoms with Gasteiger partial charge in [0, 0.05) is 18.0 Å². The smallest absolute Gasteiger partial charge is 0.336 e. The minimum Gasteiger partial charge on any atom is -0.393 e. The van der Waals surface area contributed by atoms with Crippen molar-refractivity contribution in [3.8, 4) is 11.3 Å². The number of imidazole rings is 1. The van der Waals surface area contributed by atoms with Gasteiger partial charge in [0.2, 0.25) is 0 Å². The van der Waals surface area contributed by atoms with Crippen molar-refractivity contribution in [3.05, 3.63) is 59.0 Å². The van der Waals surface area contributed by atoms with E-state index in [4.69, 9.17) is 9.47 Å². The van der Waals surface area contributed by atoms with Crippen LogP contribution in [0.3, 0.4) is 0 Å². The van der Waals surface area contributed by atoms with Gasteiger partial charge in [0.05, 0.1) is 12.3 Å². The zero-order valence-corrected chi connectivity index (χ0v) is 12.5. The van der Waals surface area contributed by atoms with Crippen LogP contribution >= 0.6 is 0 Å². The van der Waals surface area contributed by atoms with Crippen LogP contribution in [-0.2, 0) is 9.47 Å². The highest BCUT2D eigenvalue weighted by Gasteiger charge is 2.31. The Labute approximate surface area is 135 Å². The molecule has 7 nitrogen and oxygen atoms in total. The standard InChI is InChI=1S/C16H14FN3O4/c17-11-3-1-10(2-4-11)12-7-20-14(18-12)5-6-19(16(20)22)15-13(8-21)23-9-24-15/h1-7,13,15,21H,8-9H2/t13?,15-/m1/s1. The maximum absolute atomic E-state index is 13.0. The average Bonchev–Trinajstić information content (AvgIpc) is 3.22. The van der Waals surface area contributed by atoms with Crippen LogP contribution in [0.2, 0.25) is 0 Å². The van der Waals surface area contributed by atoms with E-state index in [1.54, 1.807) is 30.6 Å². The second kappa shape index (κ2) is 5.82. The van der Waals surface area contributed by atoms with Gasteiger partial charge in [0.1, 0.15) is 24.4 Å². The van der Waals surface area contributed by atoms with Crippen LogP contribution in [0.15, 0.2) is 47.5 Å². The zero-order valence-electron chi connectivity index (χ0n) is 12.5. The van der Waals surface area contributed by atoms with Crippen LogP contribution in [0.4, 0.5) is 4.39 Å². The summed E-state index contributed by atoms with van der Waals surface area (Å²) in [7, 11) is 0. The third kappa shape index (κ3) is 2.41. The molecule has 3 heterocycles. The lowest BCUT2D eigenvalue weighted by molar-refractivity contribution is 0.0202. The molecule has 1 unspecified atom stereocenters. The first kappa shape index (κ1) is 15.0. The third-order valence-corrected chi connectivity index (χ3v) is 3.98. The summed E-state index contributed by atoms with van der Waals surface area (Å²) in [5, 5.41) is 9.31. The van der Waals surface area contributed by atoms with Crippen molar-refractivity contribution in [1.82, 2.24) is 14.0 Å². The van der Waals surface area contributed by atoms with Gasteiger partial charge < -0.3 is 14.6 Å². The molecule has 4 rings (SSSR count). The monoisotopic (exact) mass is 331 g/mol. The van der Waals surface area contributed by atoms with E-state index >= 15 is 0 Å².